The summed E-state index contributed by atoms with van der Waals surface area (Å²) in [5, 5.41) is 2.95. The number of nitrogens with one attached hydrogen (secondary N) is 1. The molecule has 0 aliphatic heterocycles. The summed E-state index contributed by atoms with van der Waals surface area (Å²) >= 11 is 5.89. The number of para-hydroxylation sites is 1. The molecule has 5 heteroatoms. The summed E-state index contributed by atoms with van der Waals surface area (Å²) in [5.41, 5.74) is 3.06. The van der Waals surface area contributed by atoms with Crippen LogP contribution in [0.25, 0.3) is 11.0 Å². The van der Waals surface area contributed by atoms with Crippen molar-refractivity contribution < 1.29 is 4.79 Å². The lowest BCUT2D eigenvalue weighted by Gasteiger charge is -2.17. The molecular weight excluding hydrogens is 286 g/mol. The van der Waals surface area contributed by atoms with E-state index in [2.05, 4.69) is 10.3 Å². The summed E-state index contributed by atoms with van der Waals surface area (Å²) in [4.78, 5) is 17.0. The lowest BCUT2D eigenvalue weighted by Crippen LogP contribution is -2.32. The van der Waals surface area contributed by atoms with Gasteiger partial charge in [-0.05, 0) is 31.9 Å². The topological polar surface area (TPSA) is 46.9 Å². The normalized spacial score (nSPS) is 12.6. The minimum Gasteiger partial charge on any atom is -0.354 e. The van der Waals surface area contributed by atoms with Gasteiger partial charge in [0.15, 0.2) is 0 Å². The molecule has 114 valence electrons. The van der Waals surface area contributed by atoms with Gasteiger partial charge in [-0.3, -0.25) is 4.79 Å². The number of carbonyl (C=O) groups is 1. The Balaban J connectivity index is 2.47. The van der Waals surface area contributed by atoms with Gasteiger partial charge in [0.2, 0.25) is 5.91 Å². The van der Waals surface area contributed by atoms with Crippen LogP contribution in [0.5, 0.6) is 0 Å². The van der Waals surface area contributed by atoms with Crippen LogP contribution in [0.15, 0.2) is 18.2 Å². The van der Waals surface area contributed by atoms with Crippen molar-refractivity contribution in [3.8, 4) is 0 Å². The number of rotatable bonds is 6. The van der Waals surface area contributed by atoms with Crippen molar-refractivity contribution in [2.24, 2.45) is 0 Å². The highest BCUT2D eigenvalue weighted by molar-refractivity contribution is 6.17. The van der Waals surface area contributed by atoms with Gasteiger partial charge in [0, 0.05) is 18.8 Å². The van der Waals surface area contributed by atoms with E-state index in [-0.39, 0.29) is 11.9 Å². The number of imidazole rings is 1. The van der Waals surface area contributed by atoms with E-state index < -0.39 is 0 Å². The third kappa shape index (κ3) is 3.21. The minimum atomic E-state index is -0.290. The summed E-state index contributed by atoms with van der Waals surface area (Å²) in [6.07, 6.45) is 1.58. The smallest absolute Gasteiger partial charge is 0.242 e. The minimum absolute atomic E-state index is 0.0217. The SMILES string of the molecule is CCCNC(=O)C(C)n1c(CCCl)nc2c(C)cccc21. The van der Waals surface area contributed by atoms with Gasteiger partial charge in [-0.1, -0.05) is 19.1 Å². The van der Waals surface area contributed by atoms with Crippen LogP contribution in [0, 0.1) is 6.92 Å². The molecule has 1 atom stereocenters. The average Bonchev–Trinajstić information content (AvgIpc) is 2.84. The second-order valence-electron chi connectivity index (χ2n) is 5.25. The van der Waals surface area contributed by atoms with Crippen molar-refractivity contribution in [2.45, 2.75) is 39.7 Å². The number of amides is 1. The molecule has 1 N–H and O–H groups in total. The van der Waals surface area contributed by atoms with Crippen LogP contribution in [0.4, 0.5) is 0 Å². The lowest BCUT2D eigenvalue weighted by molar-refractivity contribution is -0.123. The number of nitrogens with zero attached hydrogens (tertiary/aromatic N) is 2. The zero-order valence-electron chi connectivity index (χ0n) is 12.8. The molecule has 1 aromatic carbocycles. The number of carbonyl (C=O) groups excluding carboxylic acids is 1. The first kappa shape index (κ1) is 15.8. The number of aryl methyl sites for hydroxylation is 2. The van der Waals surface area contributed by atoms with Gasteiger partial charge < -0.3 is 9.88 Å². The van der Waals surface area contributed by atoms with Crippen molar-refractivity contribution in [3.63, 3.8) is 0 Å². The molecule has 0 saturated carbocycles. The molecule has 0 radical (unpaired) electrons. The molecule has 4 nitrogen and oxygen atoms in total. The van der Waals surface area contributed by atoms with Gasteiger partial charge in [0.1, 0.15) is 11.9 Å². The van der Waals surface area contributed by atoms with Crippen LogP contribution in [-0.2, 0) is 11.2 Å². The summed E-state index contributed by atoms with van der Waals surface area (Å²) in [6.45, 7) is 6.68. The summed E-state index contributed by atoms with van der Waals surface area (Å²) < 4.78 is 2.01. The molecule has 0 aliphatic rings. The van der Waals surface area contributed by atoms with Gasteiger partial charge in [0.25, 0.3) is 0 Å². The first-order valence-electron chi connectivity index (χ1n) is 7.40. The van der Waals surface area contributed by atoms with Crippen LogP contribution in [0.3, 0.4) is 0 Å². The van der Waals surface area contributed by atoms with E-state index in [4.69, 9.17) is 11.6 Å². The lowest BCUT2D eigenvalue weighted by atomic mass is 10.2. The van der Waals surface area contributed by atoms with Crippen LogP contribution in [-0.4, -0.2) is 27.9 Å². The third-order valence-electron chi connectivity index (χ3n) is 3.63. The maximum absolute atomic E-state index is 12.3. The molecule has 0 spiro atoms. The standard InChI is InChI=1S/C16H22ClN3O/c1-4-10-18-16(21)12(3)20-13-7-5-6-11(2)15(13)19-14(20)8-9-17/h5-7,12H,4,8-10H2,1-3H3,(H,18,21). The molecule has 2 rings (SSSR count). The van der Waals surface area contributed by atoms with Crippen molar-refractivity contribution >= 4 is 28.5 Å². The first-order valence-corrected chi connectivity index (χ1v) is 7.93. The Hall–Kier alpha value is -1.55. The average molecular weight is 308 g/mol. The summed E-state index contributed by atoms with van der Waals surface area (Å²) in [5.74, 6) is 1.38. The second-order valence-corrected chi connectivity index (χ2v) is 5.62. The van der Waals surface area contributed by atoms with E-state index in [1.807, 2.05) is 43.5 Å². The Morgan fingerprint density at radius 3 is 2.90 bits per heavy atom. The molecule has 0 fully saturated rings. The van der Waals surface area contributed by atoms with Gasteiger partial charge in [-0.15, -0.1) is 11.6 Å². The Kier molecular flexibility index (Phi) is 5.23. The fourth-order valence-electron chi connectivity index (χ4n) is 2.51. The number of halogens is 1. The van der Waals surface area contributed by atoms with Crippen LogP contribution in [0.1, 0.15) is 37.7 Å². The zero-order valence-corrected chi connectivity index (χ0v) is 13.6. The van der Waals surface area contributed by atoms with Crippen LogP contribution in [0.2, 0.25) is 0 Å². The predicted octanol–water partition coefficient (Wildman–Crippen LogP) is 3.21. The van der Waals surface area contributed by atoms with Crippen molar-refractivity contribution in [1.82, 2.24) is 14.9 Å². The van der Waals surface area contributed by atoms with Crippen molar-refractivity contribution in [3.05, 3.63) is 29.6 Å². The molecular formula is C16H22ClN3O. The Labute approximate surface area is 130 Å². The quantitative estimate of drug-likeness (QED) is 0.833. The molecule has 1 unspecified atom stereocenters. The van der Waals surface area contributed by atoms with E-state index in [1.54, 1.807) is 0 Å². The highest BCUT2D eigenvalue weighted by atomic mass is 35.5. The Bertz CT molecular complexity index is 636. The Morgan fingerprint density at radius 2 is 2.24 bits per heavy atom. The summed E-state index contributed by atoms with van der Waals surface area (Å²) in [6, 6.07) is 5.75. The van der Waals surface area contributed by atoms with E-state index in [0.717, 1.165) is 28.8 Å². The number of aromatic nitrogens is 2. The van der Waals surface area contributed by atoms with Crippen molar-refractivity contribution in [1.29, 1.82) is 0 Å². The van der Waals surface area contributed by atoms with E-state index in [0.29, 0.717) is 18.8 Å². The maximum Gasteiger partial charge on any atom is 0.242 e. The Morgan fingerprint density at radius 1 is 1.48 bits per heavy atom. The molecule has 0 saturated heterocycles. The number of hydrogen-bond acceptors (Lipinski definition) is 2. The van der Waals surface area contributed by atoms with E-state index in [1.165, 1.54) is 0 Å². The first-order chi connectivity index (χ1) is 10.1. The van der Waals surface area contributed by atoms with E-state index in [9.17, 15) is 4.79 Å². The van der Waals surface area contributed by atoms with Gasteiger partial charge in [-0.25, -0.2) is 4.98 Å². The predicted molar refractivity (Wildman–Crippen MR) is 86.9 cm³/mol. The fraction of sp³-hybridized carbons (Fsp3) is 0.500. The molecule has 1 amide bonds. The molecule has 2 aromatic rings. The highest BCUT2D eigenvalue weighted by Gasteiger charge is 2.21. The van der Waals surface area contributed by atoms with Crippen molar-refractivity contribution in [2.75, 3.05) is 12.4 Å². The van der Waals surface area contributed by atoms with Gasteiger partial charge >= 0.3 is 0 Å². The maximum atomic E-state index is 12.3. The molecule has 0 aliphatic carbocycles. The number of alkyl halides is 1. The van der Waals surface area contributed by atoms with Crippen LogP contribution < -0.4 is 5.32 Å². The molecule has 1 aromatic heterocycles. The number of hydrogen-bond donors (Lipinski definition) is 1. The molecule has 1 heterocycles. The third-order valence-corrected chi connectivity index (χ3v) is 3.82. The highest BCUT2D eigenvalue weighted by Crippen LogP contribution is 2.24. The van der Waals surface area contributed by atoms with E-state index >= 15 is 0 Å². The van der Waals surface area contributed by atoms with Gasteiger partial charge in [-0.2, -0.15) is 0 Å². The zero-order chi connectivity index (χ0) is 15.4. The fourth-order valence-corrected chi connectivity index (χ4v) is 2.68. The molecule has 21 heavy (non-hydrogen) atoms. The number of fused-ring (bicyclic) bond motifs is 1. The molecule has 0 bridgehead atoms. The van der Waals surface area contributed by atoms with Gasteiger partial charge in [0.05, 0.1) is 11.0 Å². The number of benzene rings is 1. The monoisotopic (exact) mass is 307 g/mol. The van der Waals surface area contributed by atoms with Crippen LogP contribution >= 0.6 is 11.6 Å². The summed E-state index contributed by atoms with van der Waals surface area (Å²) in [7, 11) is 0. The largest absolute Gasteiger partial charge is 0.354 e. The second kappa shape index (κ2) is 6.94.